The normalized spacial score (nSPS) is 12.1. The molecule has 1 aromatic heterocycles. The van der Waals surface area contributed by atoms with E-state index in [0.29, 0.717) is 6.04 Å². The van der Waals surface area contributed by atoms with E-state index in [1.807, 2.05) is 0 Å². The summed E-state index contributed by atoms with van der Waals surface area (Å²) < 4.78 is 2.32. The fourth-order valence-corrected chi connectivity index (χ4v) is 3.74. The fourth-order valence-electron chi connectivity index (χ4n) is 3.37. The summed E-state index contributed by atoms with van der Waals surface area (Å²) in [6.45, 7) is 10.5. The van der Waals surface area contributed by atoms with Crippen LogP contribution in [0.15, 0.2) is 54.7 Å². The van der Waals surface area contributed by atoms with E-state index in [2.05, 4.69) is 97.2 Å². The molecule has 3 nitrogen and oxygen atoms in total. The average molecular weight is 380 g/mol. The molecular weight excluding hydrogens is 350 g/mol. The van der Waals surface area contributed by atoms with Gasteiger partial charge in [0.25, 0.3) is 0 Å². The van der Waals surface area contributed by atoms with Crippen LogP contribution in [0.2, 0.25) is 0 Å². The molecule has 27 heavy (non-hydrogen) atoms. The number of hydrogen-bond acceptors (Lipinski definition) is 1. The number of benzene rings is 2. The van der Waals surface area contributed by atoms with Gasteiger partial charge in [-0.05, 0) is 63.2 Å². The second-order valence-corrected chi connectivity index (χ2v) is 7.53. The van der Waals surface area contributed by atoms with Crippen LogP contribution in [0.4, 0.5) is 5.69 Å². The van der Waals surface area contributed by atoms with Gasteiger partial charge in [0.2, 0.25) is 0 Å². The van der Waals surface area contributed by atoms with E-state index in [9.17, 15) is 0 Å². The van der Waals surface area contributed by atoms with E-state index in [0.717, 1.165) is 30.3 Å². The molecule has 0 unspecified atom stereocenters. The predicted molar refractivity (Wildman–Crippen MR) is 120 cm³/mol. The number of rotatable bonds is 6. The molecule has 0 fully saturated rings. The lowest BCUT2D eigenvalue weighted by molar-refractivity contribution is 0.320. The Labute approximate surface area is 168 Å². The molecule has 0 amide bonds. The molecule has 142 valence electrons. The lowest BCUT2D eigenvalue weighted by Crippen LogP contribution is -2.40. The Morgan fingerprint density at radius 3 is 2.48 bits per heavy atom. The van der Waals surface area contributed by atoms with E-state index in [-0.39, 0.29) is 0 Å². The zero-order valence-corrected chi connectivity index (χ0v) is 17.5. The van der Waals surface area contributed by atoms with Gasteiger partial charge in [0.1, 0.15) is 0 Å². The third-order valence-corrected chi connectivity index (χ3v) is 5.58. The van der Waals surface area contributed by atoms with E-state index in [1.165, 1.54) is 22.0 Å². The zero-order chi connectivity index (χ0) is 19.4. The van der Waals surface area contributed by atoms with Gasteiger partial charge in [-0.25, -0.2) is 0 Å². The van der Waals surface area contributed by atoms with E-state index >= 15 is 0 Å². The summed E-state index contributed by atoms with van der Waals surface area (Å²) in [6, 6.07) is 17.4. The lowest BCUT2D eigenvalue weighted by atomic mass is 10.1. The molecule has 0 aliphatic rings. The number of aromatic nitrogens is 1. The molecule has 1 heterocycles. The third-order valence-electron chi connectivity index (χ3n) is 5.24. The number of thiocarbonyl (C=S) groups is 1. The number of para-hydroxylation sites is 1. The first-order chi connectivity index (χ1) is 13.0. The molecule has 0 saturated carbocycles. The smallest absolute Gasteiger partial charge is 0.173 e. The summed E-state index contributed by atoms with van der Waals surface area (Å²) in [5.41, 5.74) is 4.89. The predicted octanol–water partition coefficient (Wildman–Crippen LogP) is 5.97. The Balaban J connectivity index is 1.87. The summed E-state index contributed by atoms with van der Waals surface area (Å²) in [6.07, 6.45) is 3.32. The van der Waals surface area contributed by atoms with Crippen LogP contribution in [-0.2, 0) is 13.1 Å². The third kappa shape index (κ3) is 4.33. The summed E-state index contributed by atoms with van der Waals surface area (Å²) in [7, 11) is 0. The number of fused-ring (bicyclic) bond motifs is 1. The maximum atomic E-state index is 5.80. The number of aryl methyl sites for hydroxylation is 2. The largest absolute Gasteiger partial charge is 0.347 e. The maximum absolute atomic E-state index is 5.80. The van der Waals surface area contributed by atoms with Crippen LogP contribution >= 0.6 is 12.2 Å². The number of nitrogens with one attached hydrogen (secondary N) is 1. The minimum absolute atomic E-state index is 0.360. The molecule has 1 atom stereocenters. The van der Waals surface area contributed by atoms with Gasteiger partial charge >= 0.3 is 0 Å². The summed E-state index contributed by atoms with van der Waals surface area (Å²) in [4.78, 5) is 2.30. The van der Waals surface area contributed by atoms with Gasteiger partial charge in [-0.15, -0.1) is 0 Å². The van der Waals surface area contributed by atoms with Crippen LogP contribution < -0.4 is 5.32 Å². The highest BCUT2D eigenvalue weighted by Crippen LogP contribution is 2.24. The van der Waals surface area contributed by atoms with Gasteiger partial charge in [-0.3, -0.25) is 0 Å². The fraction of sp³-hybridized carbons (Fsp3) is 0.348. The molecule has 0 radical (unpaired) electrons. The monoisotopic (exact) mass is 379 g/mol. The molecule has 0 aliphatic heterocycles. The SMILES string of the molecule is CC[C@@H](C)N(Cc1cn(CC)c2ccccc12)C(=S)Nc1ccc(C)cc1. The molecule has 0 bridgehead atoms. The molecular formula is C23H29N3S. The molecule has 0 aliphatic carbocycles. The van der Waals surface area contributed by atoms with Gasteiger partial charge in [0.05, 0.1) is 0 Å². The van der Waals surface area contributed by atoms with Crippen molar-refractivity contribution < 1.29 is 0 Å². The minimum Gasteiger partial charge on any atom is -0.347 e. The number of hydrogen-bond donors (Lipinski definition) is 1. The van der Waals surface area contributed by atoms with Gasteiger partial charge < -0.3 is 14.8 Å². The van der Waals surface area contributed by atoms with Crippen molar-refractivity contribution >= 4 is 33.9 Å². The van der Waals surface area contributed by atoms with Crippen molar-refractivity contribution in [2.24, 2.45) is 0 Å². The molecule has 0 spiro atoms. The van der Waals surface area contributed by atoms with Gasteiger partial charge in [0.15, 0.2) is 5.11 Å². The molecule has 3 aromatic rings. The summed E-state index contributed by atoms with van der Waals surface area (Å²) >= 11 is 5.80. The molecule has 3 rings (SSSR count). The van der Waals surface area contributed by atoms with Crippen molar-refractivity contribution in [3.05, 3.63) is 65.9 Å². The first kappa shape index (κ1) is 19.4. The van der Waals surface area contributed by atoms with Crippen LogP contribution in [0.5, 0.6) is 0 Å². The van der Waals surface area contributed by atoms with Crippen molar-refractivity contribution in [2.45, 2.75) is 53.2 Å². The Bertz CT molecular complexity index is 911. The van der Waals surface area contributed by atoms with E-state index < -0.39 is 0 Å². The Hall–Kier alpha value is -2.33. The Morgan fingerprint density at radius 2 is 1.81 bits per heavy atom. The molecule has 2 aromatic carbocycles. The van der Waals surface area contributed by atoms with E-state index in [4.69, 9.17) is 12.2 Å². The summed E-state index contributed by atoms with van der Waals surface area (Å²) in [5, 5.41) is 5.51. The van der Waals surface area contributed by atoms with Crippen LogP contribution in [0.3, 0.4) is 0 Å². The van der Waals surface area contributed by atoms with Gasteiger partial charge in [-0.2, -0.15) is 0 Å². The highest BCUT2D eigenvalue weighted by atomic mass is 32.1. The average Bonchev–Trinajstić information content (AvgIpc) is 3.05. The molecule has 4 heteroatoms. The summed E-state index contributed by atoms with van der Waals surface area (Å²) in [5.74, 6) is 0. The van der Waals surface area contributed by atoms with E-state index in [1.54, 1.807) is 0 Å². The second-order valence-electron chi connectivity index (χ2n) is 7.14. The van der Waals surface area contributed by atoms with Crippen LogP contribution in [0.1, 0.15) is 38.3 Å². The Morgan fingerprint density at radius 1 is 1.11 bits per heavy atom. The quantitative estimate of drug-likeness (QED) is 0.533. The van der Waals surface area contributed by atoms with Crippen molar-refractivity contribution in [2.75, 3.05) is 5.32 Å². The lowest BCUT2D eigenvalue weighted by Gasteiger charge is -2.31. The minimum atomic E-state index is 0.360. The first-order valence-corrected chi connectivity index (χ1v) is 10.1. The van der Waals surface area contributed by atoms with Crippen molar-refractivity contribution in [3.63, 3.8) is 0 Å². The maximum Gasteiger partial charge on any atom is 0.173 e. The topological polar surface area (TPSA) is 20.2 Å². The van der Waals surface area contributed by atoms with Crippen LogP contribution in [0, 0.1) is 6.92 Å². The first-order valence-electron chi connectivity index (χ1n) is 9.74. The van der Waals surface area contributed by atoms with Crippen molar-refractivity contribution in [1.29, 1.82) is 0 Å². The van der Waals surface area contributed by atoms with Crippen molar-refractivity contribution in [3.8, 4) is 0 Å². The Kier molecular flexibility index (Phi) is 6.17. The van der Waals surface area contributed by atoms with Crippen LogP contribution in [0.25, 0.3) is 10.9 Å². The van der Waals surface area contributed by atoms with Crippen molar-refractivity contribution in [1.82, 2.24) is 9.47 Å². The second kappa shape index (κ2) is 8.57. The highest BCUT2D eigenvalue weighted by molar-refractivity contribution is 7.80. The van der Waals surface area contributed by atoms with Gasteiger partial charge in [0, 0.05) is 41.9 Å². The number of nitrogens with zero attached hydrogens (tertiary/aromatic N) is 2. The molecule has 1 N–H and O–H groups in total. The zero-order valence-electron chi connectivity index (χ0n) is 16.7. The highest BCUT2D eigenvalue weighted by Gasteiger charge is 2.19. The molecule has 0 saturated heterocycles. The van der Waals surface area contributed by atoms with Gasteiger partial charge in [-0.1, -0.05) is 42.8 Å². The van der Waals surface area contributed by atoms with Crippen LogP contribution in [-0.4, -0.2) is 20.6 Å². The standard InChI is InChI=1S/C23H29N3S/c1-5-18(4)26(23(27)24-20-13-11-17(3)12-14-20)16-19-15-25(6-2)22-10-8-7-9-21(19)22/h7-15,18H,5-6,16H2,1-4H3,(H,24,27)/t18-/m1/s1. The number of anilines is 1.